The van der Waals surface area contributed by atoms with Gasteiger partial charge >= 0.3 is 0 Å². The van der Waals surface area contributed by atoms with E-state index in [1.807, 2.05) is 6.07 Å². The number of benzene rings is 1. The molecule has 0 saturated carbocycles. The van der Waals surface area contributed by atoms with Gasteiger partial charge in [0.1, 0.15) is 0 Å². The summed E-state index contributed by atoms with van der Waals surface area (Å²) < 4.78 is 0. The van der Waals surface area contributed by atoms with E-state index in [1.54, 1.807) is 6.07 Å². The molecular formula is C16H19Cl2N3. The van der Waals surface area contributed by atoms with Crippen LogP contribution in [0.5, 0.6) is 0 Å². The standard InChI is InChI=1S/C16H19Cl2N3/c17-9-7-11(18)16-14(8-9)21-13-4-2-1-3-10(13)15(16)12(20)5-6-19/h7-8,12H,1-6,19-20H2. The molecule has 1 atom stereocenters. The van der Waals surface area contributed by atoms with E-state index < -0.39 is 0 Å². The molecule has 1 aromatic heterocycles. The summed E-state index contributed by atoms with van der Waals surface area (Å²) in [5, 5.41) is 2.18. The Balaban J connectivity index is 2.33. The molecule has 0 spiro atoms. The highest BCUT2D eigenvalue weighted by Gasteiger charge is 2.23. The van der Waals surface area contributed by atoms with E-state index in [1.165, 1.54) is 18.4 Å². The molecule has 0 radical (unpaired) electrons. The molecule has 5 heteroatoms. The maximum absolute atomic E-state index is 6.44. The third kappa shape index (κ3) is 2.76. The first-order chi connectivity index (χ1) is 10.1. The Morgan fingerprint density at radius 3 is 2.71 bits per heavy atom. The zero-order valence-electron chi connectivity index (χ0n) is 11.8. The summed E-state index contributed by atoms with van der Waals surface area (Å²) in [4.78, 5) is 4.78. The molecular weight excluding hydrogens is 305 g/mol. The van der Waals surface area contributed by atoms with Crippen LogP contribution in [0, 0.1) is 0 Å². The average Bonchev–Trinajstić information content (AvgIpc) is 2.45. The van der Waals surface area contributed by atoms with E-state index >= 15 is 0 Å². The molecule has 112 valence electrons. The van der Waals surface area contributed by atoms with Gasteiger partial charge in [-0.25, -0.2) is 0 Å². The number of hydrogen-bond acceptors (Lipinski definition) is 3. The molecule has 1 aliphatic rings. The van der Waals surface area contributed by atoms with Gasteiger partial charge in [0.15, 0.2) is 0 Å². The van der Waals surface area contributed by atoms with Crippen molar-refractivity contribution >= 4 is 34.1 Å². The van der Waals surface area contributed by atoms with Crippen LogP contribution in [-0.4, -0.2) is 11.5 Å². The number of nitrogens with zero attached hydrogens (tertiary/aromatic N) is 1. The Bertz CT molecular complexity index is 685. The van der Waals surface area contributed by atoms with Crippen LogP contribution in [0.15, 0.2) is 12.1 Å². The molecule has 0 bridgehead atoms. The summed E-state index contributed by atoms with van der Waals surface area (Å²) in [6.07, 6.45) is 5.10. The van der Waals surface area contributed by atoms with Gasteiger partial charge in [-0.3, -0.25) is 4.98 Å². The first kappa shape index (κ1) is 15.0. The Morgan fingerprint density at radius 2 is 1.95 bits per heavy atom. The zero-order chi connectivity index (χ0) is 15.0. The number of rotatable bonds is 3. The number of aromatic nitrogens is 1. The summed E-state index contributed by atoms with van der Waals surface area (Å²) in [5.74, 6) is 0. The summed E-state index contributed by atoms with van der Waals surface area (Å²) in [7, 11) is 0. The van der Waals surface area contributed by atoms with E-state index in [9.17, 15) is 0 Å². The van der Waals surface area contributed by atoms with Crippen LogP contribution in [0.2, 0.25) is 10.0 Å². The molecule has 3 rings (SSSR count). The lowest BCUT2D eigenvalue weighted by molar-refractivity contribution is 0.623. The Labute approximate surface area is 134 Å². The van der Waals surface area contributed by atoms with E-state index in [0.717, 1.165) is 41.4 Å². The first-order valence-corrected chi connectivity index (χ1v) is 8.13. The summed E-state index contributed by atoms with van der Waals surface area (Å²) in [5.41, 5.74) is 16.5. The van der Waals surface area contributed by atoms with Gasteiger partial charge in [0.05, 0.1) is 10.5 Å². The van der Waals surface area contributed by atoms with Gasteiger partial charge in [-0.05, 0) is 61.9 Å². The van der Waals surface area contributed by atoms with Crippen molar-refractivity contribution in [2.45, 2.75) is 38.1 Å². The van der Waals surface area contributed by atoms with Crippen LogP contribution < -0.4 is 11.5 Å². The van der Waals surface area contributed by atoms with Gasteiger partial charge in [-0.15, -0.1) is 0 Å². The second-order valence-corrected chi connectivity index (χ2v) is 6.47. The SMILES string of the molecule is NCCC(N)c1c2c(nc3cc(Cl)cc(Cl)c13)CCCC2. The van der Waals surface area contributed by atoms with Crippen LogP contribution in [-0.2, 0) is 12.8 Å². The lowest BCUT2D eigenvalue weighted by Crippen LogP contribution is -2.20. The predicted octanol–water partition coefficient (Wildman–Crippen LogP) is 3.77. The molecule has 0 saturated heterocycles. The second-order valence-electron chi connectivity index (χ2n) is 5.62. The number of fused-ring (bicyclic) bond motifs is 2. The van der Waals surface area contributed by atoms with Crippen molar-refractivity contribution in [2.75, 3.05) is 6.54 Å². The van der Waals surface area contributed by atoms with Gasteiger partial charge < -0.3 is 11.5 Å². The lowest BCUT2D eigenvalue weighted by atomic mass is 9.86. The molecule has 3 nitrogen and oxygen atoms in total. The van der Waals surface area contributed by atoms with Gasteiger partial charge in [0, 0.05) is 22.1 Å². The quantitative estimate of drug-likeness (QED) is 0.903. The smallest absolute Gasteiger partial charge is 0.0738 e. The van der Waals surface area contributed by atoms with Crippen molar-refractivity contribution in [1.29, 1.82) is 0 Å². The third-order valence-electron chi connectivity index (χ3n) is 4.17. The minimum atomic E-state index is -0.106. The first-order valence-electron chi connectivity index (χ1n) is 7.38. The molecule has 4 N–H and O–H groups in total. The minimum absolute atomic E-state index is 0.106. The predicted molar refractivity (Wildman–Crippen MR) is 89.0 cm³/mol. The molecule has 0 aliphatic heterocycles. The number of hydrogen-bond donors (Lipinski definition) is 2. The highest BCUT2D eigenvalue weighted by atomic mass is 35.5. The monoisotopic (exact) mass is 323 g/mol. The zero-order valence-corrected chi connectivity index (χ0v) is 13.3. The fourth-order valence-electron chi connectivity index (χ4n) is 3.25. The van der Waals surface area contributed by atoms with E-state index in [4.69, 9.17) is 39.7 Å². The number of pyridine rings is 1. The van der Waals surface area contributed by atoms with Gasteiger partial charge in [-0.2, -0.15) is 0 Å². The fraction of sp³-hybridized carbons (Fsp3) is 0.438. The molecule has 0 fully saturated rings. The second kappa shape index (κ2) is 6.09. The van der Waals surface area contributed by atoms with E-state index in [2.05, 4.69) is 0 Å². The van der Waals surface area contributed by atoms with Crippen LogP contribution >= 0.6 is 23.2 Å². The Kier molecular flexibility index (Phi) is 4.36. The molecule has 1 aliphatic carbocycles. The maximum atomic E-state index is 6.44. The van der Waals surface area contributed by atoms with Crippen molar-refractivity contribution < 1.29 is 0 Å². The van der Waals surface area contributed by atoms with Crippen LogP contribution in [0.25, 0.3) is 10.9 Å². The van der Waals surface area contributed by atoms with Crippen LogP contribution in [0.4, 0.5) is 0 Å². The summed E-state index contributed by atoms with van der Waals surface area (Å²) in [6, 6.07) is 3.53. The van der Waals surface area contributed by atoms with Gasteiger partial charge in [0.2, 0.25) is 0 Å². The molecule has 21 heavy (non-hydrogen) atoms. The van der Waals surface area contributed by atoms with Crippen molar-refractivity contribution in [1.82, 2.24) is 4.98 Å². The van der Waals surface area contributed by atoms with E-state index in [0.29, 0.717) is 16.6 Å². The van der Waals surface area contributed by atoms with Gasteiger partial charge in [-0.1, -0.05) is 23.2 Å². The van der Waals surface area contributed by atoms with Gasteiger partial charge in [0.25, 0.3) is 0 Å². The maximum Gasteiger partial charge on any atom is 0.0738 e. The van der Waals surface area contributed by atoms with Crippen LogP contribution in [0.1, 0.15) is 42.1 Å². The summed E-state index contributed by atoms with van der Waals surface area (Å²) >= 11 is 12.6. The third-order valence-corrected chi connectivity index (χ3v) is 4.69. The molecule has 1 heterocycles. The molecule has 1 unspecified atom stereocenters. The largest absolute Gasteiger partial charge is 0.330 e. The minimum Gasteiger partial charge on any atom is -0.330 e. The summed E-state index contributed by atoms with van der Waals surface area (Å²) in [6.45, 7) is 0.560. The molecule has 0 amide bonds. The lowest BCUT2D eigenvalue weighted by Gasteiger charge is -2.24. The number of halogens is 2. The molecule has 2 aromatic rings. The Hall–Kier alpha value is -0.870. The Morgan fingerprint density at radius 1 is 1.19 bits per heavy atom. The van der Waals surface area contributed by atoms with Crippen molar-refractivity contribution in [2.24, 2.45) is 11.5 Å². The highest BCUT2D eigenvalue weighted by Crippen LogP contribution is 2.38. The topological polar surface area (TPSA) is 64.9 Å². The number of nitrogens with two attached hydrogens (primary N) is 2. The highest BCUT2D eigenvalue weighted by molar-refractivity contribution is 6.38. The van der Waals surface area contributed by atoms with Crippen molar-refractivity contribution in [3.05, 3.63) is 39.0 Å². The fourth-order valence-corrected chi connectivity index (χ4v) is 3.83. The van der Waals surface area contributed by atoms with Crippen LogP contribution in [0.3, 0.4) is 0 Å². The number of aryl methyl sites for hydroxylation is 1. The molecule has 1 aromatic carbocycles. The van der Waals surface area contributed by atoms with Crippen molar-refractivity contribution in [3.8, 4) is 0 Å². The van der Waals surface area contributed by atoms with Crippen molar-refractivity contribution in [3.63, 3.8) is 0 Å². The average molecular weight is 324 g/mol. The van der Waals surface area contributed by atoms with E-state index in [-0.39, 0.29) is 6.04 Å². The normalized spacial score (nSPS) is 16.0.